The van der Waals surface area contributed by atoms with Crippen LogP contribution >= 0.6 is 11.6 Å². The highest BCUT2D eigenvalue weighted by Crippen LogP contribution is 2.34. The van der Waals surface area contributed by atoms with Crippen molar-refractivity contribution in [3.63, 3.8) is 0 Å². The van der Waals surface area contributed by atoms with Gasteiger partial charge < -0.3 is 10.6 Å². The van der Waals surface area contributed by atoms with Gasteiger partial charge in [0.25, 0.3) is 0 Å². The van der Waals surface area contributed by atoms with Crippen molar-refractivity contribution in [2.45, 2.75) is 6.42 Å². The fraction of sp³-hybridized carbons (Fsp3) is 0.364. The van der Waals surface area contributed by atoms with Crippen LogP contribution in [0.2, 0.25) is 0 Å². The number of anilines is 2. The van der Waals surface area contributed by atoms with Gasteiger partial charge in [0.05, 0.1) is 16.3 Å². The molecule has 1 fully saturated rings. The Morgan fingerprint density at radius 1 is 1.58 bits per heavy atom. The molecule has 8 heteroatoms. The average molecular weight is 288 g/mol. The lowest BCUT2D eigenvalue weighted by Gasteiger charge is -2.18. The number of amides is 1. The van der Waals surface area contributed by atoms with Crippen LogP contribution in [0.4, 0.5) is 21.5 Å². The summed E-state index contributed by atoms with van der Waals surface area (Å²) in [6.45, 7) is 0.329. The molecular formula is C11H11ClFN3O3. The van der Waals surface area contributed by atoms with E-state index in [0.717, 1.165) is 12.1 Å². The molecule has 1 atom stereocenters. The van der Waals surface area contributed by atoms with E-state index in [9.17, 15) is 19.3 Å². The lowest BCUT2D eigenvalue weighted by atomic mass is 10.1. The number of carbonyl (C=O) groups excluding carboxylic acids is 1. The smallest absolute Gasteiger partial charge is 0.307 e. The van der Waals surface area contributed by atoms with Gasteiger partial charge in [-0.3, -0.25) is 14.9 Å². The molecule has 102 valence electrons. The Morgan fingerprint density at radius 3 is 2.79 bits per heavy atom. The Morgan fingerprint density at radius 2 is 2.26 bits per heavy atom. The quantitative estimate of drug-likeness (QED) is 0.398. The summed E-state index contributed by atoms with van der Waals surface area (Å²) in [5.41, 5.74) is 5.08. The van der Waals surface area contributed by atoms with Crippen molar-refractivity contribution in [1.82, 2.24) is 0 Å². The van der Waals surface area contributed by atoms with Crippen LogP contribution in [0, 0.1) is 21.8 Å². The third kappa shape index (κ3) is 2.46. The molecule has 0 aromatic heterocycles. The second kappa shape index (κ2) is 5.00. The van der Waals surface area contributed by atoms with E-state index in [0.29, 0.717) is 12.4 Å². The summed E-state index contributed by atoms with van der Waals surface area (Å²) in [6, 6.07) is 1.84. The molecule has 1 aromatic carbocycles. The Balaban J connectivity index is 2.42. The zero-order valence-corrected chi connectivity index (χ0v) is 10.6. The van der Waals surface area contributed by atoms with E-state index in [1.54, 1.807) is 0 Å². The predicted molar refractivity (Wildman–Crippen MR) is 68.6 cm³/mol. The third-order valence-electron chi connectivity index (χ3n) is 3.01. The van der Waals surface area contributed by atoms with E-state index in [-0.39, 0.29) is 29.6 Å². The molecule has 6 nitrogen and oxygen atoms in total. The van der Waals surface area contributed by atoms with Crippen LogP contribution in [0.1, 0.15) is 6.42 Å². The van der Waals surface area contributed by atoms with E-state index < -0.39 is 16.4 Å². The summed E-state index contributed by atoms with van der Waals surface area (Å²) in [7, 11) is 0. The summed E-state index contributed by atoms with van der Waals surface area (Å²) in [4.78, 5) is 23.0. The third-order valence-corrected chi connectivity index (χ3v) is 3.44. The molecule has 0 bridgehead atoms. The van der Waals surface area contributed by atoms with Crippen LogP contribution in [0.3, 0.4) is 0 Å². The number of hydrogen-bond donors (Lipinski definition) is 1. The molecule has 0 spiro atoms. The standard InChI is InChI=1S/C11H11ClFN3O3/c12-4-6-1-11(17)15(5-6)10-3-9(16(18)19)7(13)2-8(10)14/h2-3,6H,1,4-5,14H2. The SMILES string of the molecule is Nc1cc(F)c([N+](=O)[O-])cc1N1CC(CCl)CC1=O. The normalized spacial score (nSPS) is 18.9. The van der Waals surface area contributed by atoms with Crippen LogP contribution in [-0.2, 0) is 4.79 Å². The fourth-order valence-electron chi connectivity index (χ4n) is 2.06. The highest BCUT2D eigenvalue weighted by molar-refractivity contribution is 6.18. The number of carbonyl (C=O) groups is 1. The van der Waals surface area contributed by atoms with Gasteiger partial charge in [-0.05, 0) is 5.92 Å². The number of rotatable bonds is 3. The molecule has 1 saturated heterocycles. The minimum absolute atomic E-state index is 0.00771. The summed E-state index contributed by atoms with van der Waals surface area (Å²) in [6.07, 6.45) is 0.258. The monoisotopic (exact) mass is 287 g/mol. The number of alkyl halides is 1. The van der Waals surface area contributed by atoms with Crippen LogP contribution < -0.4 is 10.6 Å². The van der Waals surface area contributed by atoms with Gasteiger partial charge in [0.2, 0.25) is 11.7 Å². The lowest BCUT2D eigenvalue weighted by molar-refractivity contribution is -0.387. The highest BCUT2D eigenvalue weighted by atomic mass is 35.5. The van der Waals surface area contributed by atoms with Gasteiger partial charge >= 0.3 is 5.69 Å². The molecule has 2 N–H and O–H groups in total. The molecule has 0 saturated carbocycles. The molecule has 1 amide bonds. The van der Waals surface area contributed by atoms with Crippen molar-refractivity contribution in [2.24, 2.45) is 5.92 Å². The molecule has 0 aliphatic carbocycles. The lowest BCUT2D eigenvalue weighted by Crippen LogP contribution is -2.25. The maximum Gasteiger partial charge on any atom is 0.307 e. The van der Waals surface area contributed by atoms with Crippen molar-refractivity contribution in [3.05, 3.63) is 28.1 Å². The summed E-state index contributed by atoms with van der Waals surface area (Å²) in [5, 5.41) is 10.7. The van der Waals surface area contributed by atoms with Gasteiger partial charge in [-0.2, -0.15) is 4.39 Å². The number of hydrogen-bond acceptors (Lipinski definition) is 4. The van der Waals surface area contributed by atoms with Gasteiger partial charge in [0.15, 0.2) is 0 Å². The molecule has 19 heavy (non-hydrogen) atoms. The van der Waals surface area contributed by atoms with Crippen molar-refractivity contribution in [2.75, 3.05) is 23.1 Å². The number of benzene rings is 1. The van der Waals surface area contributed by atoms with Crippen LogP contribution in [0.5, 0.6) is 0 Å². The Hall–Kier alpha value is -1.89. The number of nitro groups is 1. The van der Waals surface area contributed by atoms with Crippen LogP contribution in [-0.4, -0.2) is 23.3 Å². The Labute approximate surface area is 113 Å². The van der Waals surface area contributed by atoms with Crippen LogP contribution in [0.15, 0.2) is 12.1 Å². The number of nitrogen functional groups attached to an aromatic ring is 1. The van der Waals surface area contributed by atoms with E-state index >= 15 is 0 Å². The number of nitrogens with two attached hydrogens (primary N) is 1. The first-order chi connectivity index (χ1) is 8.93. The zero-order chi connectivity index (χ0) is 14.2. The van der Waals surface area contributed by atoms with Crippen molar-refractivity contribution in [3.8, 4) is 0 Å². The maximum absolute atomic E-state index is 13.4. The van der Waals surface area contributed by atoms with E-state index in [4.69, 9.17) is 17.3 Å². The molecule has 1 aliphatic rings. The molecule has 1 heterocycles. The van der Waals surface area contributed by atoms with Crippen molar-refractivity contribution >= 4 is 34.6 Å². The van der Waals surface area contributed by atoms with E-state index in [1.807, 2.05) is 0 Å². The Bertz CT molecular complexity index is 552. The second-order valence-corrected chi connectivity index (χ2v) is 4.66. The maximum atomic E-state index is 13.4. The van der Waals surface area contributed by atoms with Crippen molar-refractivity contribution in [1.29, 1.82) is 0 Å². The van der Waals surface area contributed by atoms with Crippen LogP contribution in [0.25, 0.3) is 0 Å². The number of nitro benzene ring substituents is 1. The molecular weight excluding hydrogens is 277 g/mol. The van der Waals surface area contributed by atoms with Gasteiger partial charge in [-0.25, -0.2) is 0 Å². The molecule has 2 rings (SSSR count). The predicted octanol–water partition coefficient (Wildman–Crippen LogP) is 1.91. The highest BCUT2D eigenvalue weighted by Gasteiger charge is 2.32. The summed E-state index contributed by atoms with van der Waals surface area (Å²) in [5.74, 6) is -0.964. The topological polar surface area (TPSA) is 89.5 Å². The zero-order valence-electron chi connectivity index (χ0n) is 9.81. The first-order valence-corrected chi connectivity index (χ1v) is 6.07. The fourth-order valence-corrected chi connectivity index (χ4v) is 2.26. The average Bonchev–Trinajstić information content (AvgIpc) is 2.70. The minimum atomic E-state index is -1.02. The summed E-state index contributed by atoms with van der Waals surface area (Å²) >= 11 is 5.69. The van der Waals surface area contributed by atoms with E-state index in [1.165, 1.54) is 4.90 Å². The first kappa shape index (κ1) is 13.5. The molecule has 1 aromatic rings. The first-order valence-electron chi connectivity index (χ1n) is 5.53. The van der Waals surface area contributed by atoms with Gasteiger partial charge in [-0.1, -0.05) is 0 Å². The minimum Gasteiger partial charge on any atom is -0.397 e. The number of halogens is 2. The second-order valence-electron chi connectivity index (χ2n) is 4.35. The Kier molecular flexibility index (Phi) is 3.57. The molecule has 1 aliphatic heterocycles. The van der Waals surface area contributed by atoms with Crippen molar-refractivity contribution < 1.29 is 14.1 Å². The van der Waals surface area contributed by atoms with Gasteiger partial charge in [-0.15, -0.1) is 11.6 Å². The molecule has 0 radical (unpaired) electrons. The van der Waals surface area contributed by atoms with E-state index in [2.05, 4.69) is 0 Å². The van der Waals surface area contributed by atoms with Gasteiger partial charge in [0.1, 0.15) is 0 Å². The molecule has 1 unspecified atom stereocenters. The summed E-state index contributed by atoms with van der Waals surface area (Å²) < 4.78 is 13.4. The number of nitrogens with zero attached hydrogens (tertiary/aromatic N) is 2. The van der Waals surface area contributed by atoms with Gasteiger partial charge in [0, 0.05) is 31.0 Å². The largest absolute Gasteiger partial charge is 0.397 e.